The van der Waals surface area contributed by atoms with Crippen molar-refractivity contribution in [2.24, 2.45) is 5.41 Å². The molecule has 1 aromatic heterocycles. The van der Waals surface area contributed by atoms with Crippen molar-refractivity contribution in [2.45, 2.75) is 58.4 Å². The van der Waals surface area contributed by atoms with Crippen molar-refractivity contribution in [2.75, 3.05) is 26.2 Å². The molecule has 1 atom stereocenters. The van der Waals surface area contributed by atoms with Crippen molar-refractivity contribution in [3.05, 3.63) is 30.1 Å². The summed E-state index contributed by atoms with van der Waals surface area (Å²) in [5, 5.41) is 3.06. The van der Waals surface area contributed by atoms with Gasteiger partial charge in [0.15, 0.2) is 0 Å². The van der Waals surface area contributed by atoms with Gasteiger partial charge in [0.2, 0.25) is 5.91 Å². The molecule has 1 spiro atoms. The van der Waals surface area contributed by atoms with E-state index >= 15 is 0 Å². The van der Waals surface area contributed by atoms with E-state index in [-0.39, 0.29) is 23.4 Å². The first-order valence-corrected chi connectivity index (χ1v) is 10.2. The van der Waals surface area contributed by atoms with Gasteiger partial charge in [0.05, 0.1) is 0 Å². The van der Waals surface area contributed by atoms with Gasteiger partial charge in [-0.3, -0.25) is 9.78 Å². The molecular formula is C21H32N4O2. The molecule has 3 heterocycles. The number of carbonyl (C=O) groups is 2. The predicted molar refractivity (Wildman–Crippen MR) is 105 cm³/mol. The minimum absolute atomic E-state index is 0.0561. The van der Waals surface area contributed by atoms with E-state index in [0.29, 0.717) is 6.42 Å². The zero-order chi connectivity index (χ0) is 19.3. The first-order chi connectivity index (χ1) is 13.0. The number of hydrogen-bond donors (Lipinski definition) is 1. The van der Waals surface area contributed by atoms with Gasteiger partial charge in [-0.25, -0.2) is 4.79 Å². The number of carbonyl (C=O) groups excluding carboxylic acids is 2. The molecule has 1 N–H and O–H groups in total. The summed E-state index contributed by atoms with van der Waals surface area (Å²) in [6.45, 7) is 7.29. The molecule has 6 heteroatoms. The Labute approximate surface area is 162 Å². The van der Waals surface area contributed by atoms with Gasteiger partial charge < -0.3 is 15.1 Å². The summed E-state index contributed by atoms with van der Waals surface area (Å²) in [6.07, 6.45) is 8.98. The highest BCUT2D eigenvalue weighted by atomic mass is 16.2. The van der Waals surface area contributed by atoms with E-state index < -0.39 is 0 Å². The fourth-order valence-electron chi connectivity index (χ4n) is 4.12. The highest BCUT2D eigenvalue weighted by Gasteiger charge is 2.41. The quantitative estimate of drug-likeness (QED) is 0.864. The molecular weight excluding hydrogens is 340 g/mol. The summed E-state index contributed by atoms with van der Waals surface area (Å²) in [5.74, 6) is 0.270. The second kappa shape index (κ2) is 8.72. The molecule has 2 saturated heterocycles. The van der Waals surface area contributed by atoms with Gasteiger partial charge in [-0.1, -0.05) is 6.92 Å². The largest absolute Gasteiger partial charge is 0.342 e. The van der Waals surface area contributed by atoms with Crippen LogP contribution in [0.25, 0.3) is 0 Å². The van der Waals surface area contributed by atoms with Crippen molar-refractivity contribution < 1.29 is 9.59 Å². The Morgan fingerprint density at radius 2 is 1.96 bits per heavy atom. The SMILES string of the molecule is CC[C@H](C)NC(=O)N1CCC2(CCC(=O)N(CCc3ccncc3)C2)CC1. The van der Waals surface area contributed by atoms with Crippen LogP contribution < -0.4 is 5.32 Å². The fraction of sp³-hybridized carbons (Fsp3) is 0.667. The molecule has 0 radical (unpaired) electrons. The lowest BCUT2D eigenvalue weighted by atomic mass is 9.72. The minimum Gasteiger partial charge on any atom is -0.342 e. The first-order valence-electron chi connectivity index (χ1n) is 10.2. The molecule has 0 unspecified atom stereocenters. The van der Waals surface area contributed by atoms with Crippen LogP contribution in [0.3, 0.4) is 0 Å². The molecule has 148 valence electrons. The van der Waals surface area contributed by atoms with Crippen molar-refractivity contribution in [3.8, 4) is 0 Å². The lowest BCUT2D eigenvalue weighted by Gasteiger charge is -2.47. The fourth-order valence-corrected chi connectivity index (χ4v) is 4.12. The maximum absolute atomic E-state index is 12.4. The number of rotatable bonds is 5. The van der Waals surface area contributed by atoms with E-state index in [1.54, 1.807) is 12.4 Å². The van der Waals surface area contributed by atoms with Gasteiger partial charge in [0, 0.05) is 51.0 Å². The van der Waals surface area contributed by atoms with E-state index in [4.69, 9.17) is 0 Å². The van der Waals surface area contributed by atoms with Crippen LogP contribution in [0.4, 0.5) is 4.79 Å². The zero-order valence-electron chi connectivity index (χ0n) is 16.6. The van der Waals surface area contributed by atoms with E-state index in [9.17, 15) is 9.59 Å². The highest BCUT2D eigenvalue weighted by Crippen LogP contribution is 2.40. The number of hydrogen-bond acceptors (Lipinski definition) is 3. The number of pyridine rings is 1. The number of nitrogens with one attached hydrogen (secondary N) is 1. The monoisotopic (exact) mass is 372 g/mol. The summed E-state index contributed by atoms with van der Waals surface area (Å²) in [4.78, 5) is 32.8. The lowest BCUT2D eigenvalue weighted by molar-refractivity contribution is -0.138. The van der Waals surface area contributed by atoms with Gasteiger partial charge in [-0.2, -0.15) is 0 Å². The maximum atomic E-state index is 12.4. The predicted octanol–water partition coefficient (Wildman–Crippen LogP) is 2.84. The second-order valence-electron chi connectivity index (χ2n) is 8.17. The van der Waals surface area contributed by atoms with Crippen LogP contribution in [0, 0.1) is 5.41 Å². The van der Waals surface area contributed by atoms with Crippen LogP contribution in [-0.2, 0) is 11.2 Å². The highest BCUT2D eigenvalue weighted by molar-refractivity contribution is 5.77. The number of amides is 3. The van der Waals surface area contributed by atoms with Crippen molar-refractivity contribution in [1.29, 1.82) is 0 Å². The van der Waals surface area contributed by atoms with Crippen LogP contribution in [0.1, 0.15) is 51.5 Å². The molecule has 0 bridgehead atoms. The van der Waals surface area contributed by atoms with Gasteiger partial charge in [-0.15, -0.1) is 0 Å². The van der Waals surface area contributed by atoms with E-state index in [1.165, 1.54) is 5.56 Å². The molecule has 2 fully saturated rings. The lowest BCUT2D eigenvalue weighted by Crippen LogP contribution is -2.54. The van der Waals surface area contributed by atoms with E-state index in [2.05, 4.69) is 17.2 Å². The molecule has 1 aromatic rings. The maximum Gasteiger partial charge on any atom is 0.317 e. The van der Waals surface area contributed by atoms with Crippen LogP contribution in [0.2, 0.25) is 0 Å². The average molecular weight is 373 g/mol. The number of urea groups is 1. The van der Waals surface area contributed by atoms with Crippen LogP contribution in [0.15, 0.2) is 24.5 Å². The summed E-state index contributed by atoms with van der Waals surface area (Å²) in [7, 11) is 0. The zero-order valence-corrected chi connectivity index (χ0v) is 16.6. The van der Waals surface area contributed by atoms with Crippen LogP contribution in [0.5, 0.6) is 0 Å². The Hall–Kier alpha value is -2.11. The third-order valence-corrected chi connectivity index (χ3v) is 6.26. The smallest absolute Gasteiger partial charge is 0.317 e. The van der Waals surface area contributed by atoms with Gasteiger partial charge in [0.1, 0.15) is 0 Å². The Morgan fingerprint density at radius 3 is 2.63 bits per heavy atom. The first kappa shape index (κ1) is 19.6. The standard InChI is InChI=1S/C21H32N4O2/c1-3-17(2)23-20(27)24-14-9-21(10-15-24)8-4-19(26)25(16-21)13-7-18-5-11-22-12-6-18/h5-6,11-12,17H,3-4,7-10,13-16H2,1-2H3,(H,23,27)/t17-/m0/s1. The molecule has 6 nitrogen and oxygen atoms in total. The molecule has 0 aromatic carbocycles. The van der Waals surface area contributed by atoms with Crippen molar-refractivity contribution in [3.63, 3.8) is 0 Å². The molecule has 27 heavy (non-hydrogen) atoms. The van der Waals surface area contributed by atoms with E-state index in [1.807, 2.05) is 28.9 Å². The molecule has 2 aliphatic rings. The van der Waals surface area contributed by atoms with Gasteiger partial charge in [0.25, 0.3) is 0 Å². The van der Waals surface area contributed by atoms with Gasteiger partial charge in [-0.05, 0) is 62.1 Å². The van der Waals surface area contributed by atoms with Crippen LogP contribution >= 0.6 is 0 Å². The normalized spacial score (nSPS) is 20.6. The Morgan fingerprint density at radius 1 is 1.26 bits per heavy atom. The molecule has 0 saturated carbocycles. The summed E-state index contributed by atoms with van der Waals surface area (Å²) in [5.41, 5.74) is 1.40. The van der Waals surface area contributed by atoms with Crippen LogP contribution in [-0.4, -0.2) is 58.9 Å². The number of aromatic nitrogens is 1. The summed E-state index contributed by atoms with van der Waals surface area (Å²) in [6, 6.07) is 4.29. The number of piperidine rings is 2. The Kier molecular flexibility index (Phi) is 6.34. The Balaban J connectivity index is 1.53. The third kappa shape index (κ3) is 4.99. The number of nitrogens with zero attached hydrogens (tertiary/aromatic N) is 3. The molecule has 0 aliphatic carbocycles. The molecule has 3 rings (SSSR count). The summed E-state index contributed by atoms with van der Waals surface area (Å²) >= 11 is 0. The van der Waals surface area contributed by atoms with Crippen molar-refractivity contribution in [1.82, 2.24) is 20.1 Å². The van der Waals surface area contributed by atoms with Crippen molar-refractivity contribution >= 4 is 11.9 Å². The molecule has 3 amide bonds. The average Bonchev–Trinajstić information content (AvgIpc) is 2.70. The molecule has 2 aliphatic heterocycles. The Bertz CT molecular complexity index is 641. The topological polar surface area (TPSA) is 65.5 Å². The van der Waals surface area contributed by atoms with E-state index in [0.717, 1.165) is 58.3 Å². The minimum atomic E-state index is 0.0561. The van der Waals surface area contributed by atoms with Gasteiger partial charge >= 0.3 is 6.03 Å². The third-order valence-electron chi connectivity index (χ3n) is 6.26. The second-order valence-corrected chi connectivity index (χ2v) is 8.17. The summed E-state index contributed by atoms with van der Waals surface area (Å²) < 4.78 is 0. The number of likely N-dealkylation sites (tertiary alicyclic amines) is 2.